The molecule has 0 spiro atoms. The normalized spacial score (nSPS) is 17.8. The van der Waals surface area contributed by atoms with Gasteiger partial charge in [-0.15, -0.1) is 11.3 Å². The Kier molecular flexibility index (Phi) is 7.57. The van der Waals surface area contributed by atoms with Gasteiger partial charge in [-0.1, -0.05) is 32.0 Å². The van der Waals surface area contributed by atoms with E-state index in [2.05, 4.69) is 29.4 Å². The summed E-state index contributed by atoms with van der Waals surface area (Å²) >= 11 is 1.75. The Balaban J connectivity index is 1.40. The van der Waals surface area contributed by atoms with Gasteiger partial charge in [0.05, 0.1) is 12.2 Å². The standard InChI is InChI=1S/C22H30FN3OS/c1-16(2)20-15-28-22(25-20)14-26-11-5-6-17(13-26)9-10-21(27)24-12-18-7-3-4-8-19(18)23/h3-4,7-8,15-17H,5-6,9-14H2,1-2H3,(H,24,27). The number of hydrogen-bond donors (Lipinski definition) is 1. The summed E-state index contributed by atoms with van der Waals surface area (Å²) in [5.41, 5.74) is 1.71. The van der Waals surface area contributed by atoms with Crippen molar-refractivity contribution in [1.29, 1.82) is 0 Å². The lowest BCUT2D eigenvalue weighted by atomic mass is 9.93. The molecule has 0 radical (unpaired) electrons. The number of rotatable bonds is 8. The molecule has 0 saturated carbocycles. The average molecular weight is 404 g/mol. The third kappa shape index (κ3) is 6.11. The quantitative estimate of drug-likeness (QED) is 0.694. The zero-order valence-corrected chi connectivity index (χ0v) is 17.6. The summed E-state index contributed by atoms with van der Waals surface area (Å²) in [4.78, 5) is 19.4. The molecule has 1 aromatic heterocycles. The first-order chi connectivity index (χ1) is 13.5. The maximum absolute atomic E-state index is 13.6. The predicted molar refractivity (Wildman–Crippen MR) is 112 cm³/mol. The molecule has 2 heterocycles. The van der Waals surface area contributed by atoms with Crippen LogP contribution in [0.2, 0.25) is 0 Å². The number of benzene rings is 1. The maximum Gasteiger partial charge on any atom is 0.220 e. The van der Waals surface area contributed by atoms with E-state index >= 15 is 0 Å². The Hall–Kier alpha value is -1.79. The highest BCUT2D eigenvalue weighted by Crippen LogP contribution is 2.24. The van der Waals surface area contributed by atoms with E-state index in [1.54, 1.807) is 29.5 Å². The maximum atomic E-state index is 13.6. The molecule has 1 unspecified atom stereocenters. The lowest BCUT2D eigenvalue weighted by Crippen LogP contribution is -2.35. The number of piperidine rings is 1. The highest BCUT2D eigenvalue weighted by atomic mass is 32.1. The summed E-state index contributed by atoms with van der Waals surface area (Å²) in [6.07, 6.45) is 3.73. The van der Waals surface area contributed by atoms with Crippen molar-refractivity contribution in [3.05, 3.63) is 51.7 Å². The second-order valence-corrected chi connectivity index (χ2v) is 8.91. The van der Waals surface area contributed by atoms with Crippen molar-refractivity contribution >= 4 is 17.2 Å². The van der Waals surface area contributed by atoms with E-state index in [-0.39, 0.29) is 18.3 Å². The molecular weight excluding hydrogens is 373 g/mol. The summed E-state index contributed by atoms with van der Waals surface area (Å²) in [5.74, 6) is 0.745. The summed E-state index contributed by atoms with van der Waals surface area (Å²) < 4.78 is 13.6. The van der Waals surface area contributed by atoms with E-state index in [1.165, 1.54) is 29.6 Å². The zero-order chi connectivity index (χ0) is 19.9. The molecule has 1 aliphatic rings. The van der Waals surface area contributed by atoms with Gasteiger partial charge >= 0.3 is 0 Å². The number of likely N-dealkylation sites (tertiary alicyclic amines) is 1. The summed E-state index contributed by atoms with van der Waals surface area (Å²) in [6.45, 7) is 7.64. The fourth-order valence-electron chi connectivity index (χ4n) is 3.64. The molecule has 0 bridgehead atoms. The van der Waals surface area contributed by atoms with Crippen LogP contribution in [0.4, 0.5) is 4.39 Å². The van der Waals surface area contributed by atoms with Crippen molar-refractivity contribution in [2.75, 3.05) is 13.1 Å². The number of carbonyl (C=O) groups is 1. The molecule has 1 aliphatic heterocycles. The molecule has 1 amide bonds. The van der Waals surface area contributed by atoms with Crippen LogP contribution >= 0.6 is 11.3 Å². The van der Waals surface area contributed by atoms with Gasteiger partial charge in [0, 0.05) is 30.5 Å². The van der Waals surface area contributed by atoms with E-state index in [0.29, 0.717) is 23.8 Å². The number of halogens is 1. The van der Waals surface area contributed by atoms with Crippen LogP contribution in [-0.4, -0.2) is 28.9 Å². The molecule has 4 nitrogen and oxygen atoms in total. The van der Waals surface area contributed by atoms with Crippen molar-refractivity contribution in [1.82, 2.24) is 15.2 Å². The van der Waals surface area contributed by atoms with E-state index in [0.717, 1.165) is 26.1 Å². The number of thiazole rings is 1. The Bertz CT molecular complexity index is 777. The van der Waals surface area contributed by atoms with Crippen molar-refractivity contribution < 1.29 is 9.18 Å². The van der Waals surface area contributed by atoms with Crippen LogP contribution in [-0.2, 0) is 17.9 Å². The van der Waals surface area contributed by atoms with Crippen molar-refractivity contribution in [3.8, 4) is 0 Å². The Morgan fingerprint density at radius 1 is 1.39 bits per heavy atom. The molecule has 1 atom stereocenters. The number of carbonyl (C=O) groups excluding carboxylic acids is 1. The first-order valence-corrected chi connectivity index (χ1v) is 11.1. The highest BCUT2D eigenvalue weighted by molar-refractivity contribution is 7.09. The summed E-state index contributed by atoms with van der Waals surface area (Å²) in [5, 5.41) is 6.20. The first-order valence-electron chi connectivity index (χ1n) is 10.2. The van der Waals surface area contributed by atoms with Gasteiger partial charge in [0.1, 0.15) is 10.8 Å². The van der Waals surface area contributed by atoms with Gasteiger partial charge in [0.25, 0.3) is 0 Å². The Labute approximate surface area is 171 Å². The minimum Gasteiger partial charge on any atom is -0.352 e. The third-order valence-electron chi connectivity index (χ3n) is 5.34. The largest absolute Gasteiger partial charge is 0.352 e. The van der Waals surface area contributed by atoms with Gasteiger partial charge in [-0.05, 0) is 43.7 Å². The van der Waals surface area contributed by atoms with Crippen molar-refractivity contribution in [2.24, 2.45) is 5.92 Å². The number of hydrogen-bond acceptors (Lipinski definition) is 4. The van der Waals surface area contributed by atoms with E-state index in [9.17, 15) is 9.18 Å². The minimum absolute atomic E-state index is 0.00174. The van der Waals surface area contributed by atoms with Crippen molar-refractivity contribution in [3.63, 3.8) is 0 Å². The van der Waals surface area contributed by atoms with Crippen LogP contribution in [0.5, 0.6) is 0 Å². The molecule has 28 heavy (non-hydrogen) atoms. The monoisotopic (exact) mass is 403 g/mol. The van der Waals surface area contributed by atoms with Crippen LogP contribution in [0.25, 0.3) is 0 Å². The van der Waals surface area contributed by atoms with Crippen LogP contribution in [0.15, 0.2) is 29.6 Å². The summed E-state index contributed by atoms with van der Waals surface area (Å²) in [6, 6.07) is 6.57. The Morgan fingerprint density at radius 3 is 2.96 bits per heavy atom. The second kappa shape index (κ2) is 10.1. The first kappa shape index (κ1) is 20.9. The zero-order valence-electron chi connectivity index (χ0n) is 16.8. The predicted octanol–water partition coefficient (Wildman–Crippen LogP) is 4.71. The molecule has 1 aromatic carbocycles. The van der Waals surface area contributed by atoms with Gasteiger partial charge in [0.15, 0.2) is 0 Å². The lowest BCUT2D eigenvalue weighted by Gasteiger charge is -2.32. The molecule has 1 fully saturated rings. The van der Waals surface area contributed by atoms with Gasteiger partial charge in [0.2, 0.25) is 5.91 Å². The molecular formula is C22H30FN3OS. The smallest absolute Gasteiger partial charge is 0.220 e. The lowest BCUT2D eigenvalue weighted by molar-refractivity contribution is -0.121. The minimum atomic E-state index is -0.270. The van der Waals surface area contributed by atoms with Crippen LogP contribution in [0, 0.1) is 11.7 Å². The molecule has 3 rings (SSSR count). The molecule has 152 valence electrons. The van der Waals surface area contributed by atoms with Gasteiger partial charge < -0.3 is 5.32 Å². The molecule has 1 N–H and O–H groups in total. The average Bonchev–Trinajstić information content (AvgIpc) is 3.15. The fourth-order valence-corrected chi connectivity index (χ4v) is 4.64. The Morgan fingerprint density at radius 2 is 2.21 bits per heavy atom. The van der Waals surface area contributed by atoms with Crippen LogP contribution < -0.4 is 5.32 Å². The van der Waals surface area contributed by atoms with Gasteiger partial charge in [-0.3, -0.25) is 9.69 Å². The third-order valence-corrected chi connectivity index (χ3v) is 6.19. The number of aromatic nitrogens is 1. The fraction of sp³-hybridized carbons (Fsp3) is 0.545. The van der Waals surface area contributed by atoms with Gasteiger partial charge in [-0.2, -0.15) is 0 Å². The SMILES string of the molecule is CC(C)c1csc(CN2CCCC(CCC(=O)NCc3ccccc3F)C2)n1. The highest BCUT2D eigenvalue weighted by Gasteiger charge is 2.21. The van der Waals surface area contributed by atoms with Crippen LogP contribution in [0.1, 0.15) is 61.7 Å². The topological polar surface area (TPSA) is 45.2 Å². The van der Waals surface area contributed by atoms with E-state index < -0.39 is 0 Å². The molecule has 0 aliphatic carbocycles. The van der Waals surface area contributed by atoms with E-state index in [4.69, 9.17) is 4.98 Å². The van der Waals surface area contributed by atoms with Crippen LogP contribution in [0.3, 0.4) is 0 Å². The van der Waals surface area contributed by atoms with E-state index in [1.807, 2.05) is 0 Å². The van der Waals surface area contributed by atoms with Gasteiger partial charge in [-0.25, -0.2) is 9.37 Å². The number of nitrogens with zero attached hydrogens (tertiary/aromatic N) is 2. The molecule has 2 aromatic rings. The number of nitrogens with one attached hydrogen (secondary N) is 1. The number of amides is 1. The van der Waals surface area contributed by atoms with Crippen molar-refractivity contribution in [2.45, 2.75) is 58.5 Å². The molecule has 6 heteroatoms. The molecule has 1 saturated heterocycles. The second-order valence-electron chi connectivity index (χ2n) is 7.97. The summed E-state index contributed by atoms with van der Waals surface area (Å²) in [7, 11) is 0.